The summed E-state index contributed by atoms with van der Waals surface area (Å²) in [6.07, 6.45) is 1.48. The highest BCUT2D eigenvalue weighted by molar-refractivity contribution is 7.89. The lowest BCUT2D eigenvalue weighted by Gasteiger charge is -2.21. The Labute approximate surface area is 124 Å². The molecule has 0 aliphatic carbocycles. The number of anilines is 1. The van der Waals surface area contributed by atoms with Crippen molar-refractivity contribution in [1.82, 2.24) is 9.71 Å². The number of hydrogen-bond acceptors (Lipinski definition) is 4. The molecule has 0 radical (unpaired) electrons. The molecule has 0 aliphatic heterocycles. The maximum atomic E-state index is 12.6. The molecule has 2 aromatic rings. The van der Waals surface area contributed by atoms with E-state index in [1.54, 1.807) is 25.3 Å². The molecule has 0 saturated carbocycles. The van der Waals surface area contributed by atoms with Crippen molar-refractivity contribution in [2.45, 2.75) is 24.8 Å². The summed E-state index contributed by atoms with van der Waals surface area (Å²) in [6, 6.07) is 4.86. The van der Waals surface area contributed by atoms with Crippen molar-refractivity contribution in [3.05, 3.63) is 24.4 Å². The van der Waals surface area contributed by atoms with Gasteiger partial charge >= 0.3 is 0 Å². The van der Waals surface area contributed by atoms with Gasteiger partial charge in [0.15, 0.2) is 0 Å². The molecule has 7 heteroatoms. The van der Waals surface area contributed by atoms with Gasteiger partial charge in [-0.3, -0.25) is 0 Å². The molecule has 0 fully saturated rings. The monoisotopic (exact) mass is 311 g/mol. The van der Waals surface area contributed by atoms with E-state index in [1.807, 2.05) is 13.8 Å². The quantitative estimate of drug-likeness (QED) is 0.707. The zero-order chi connectivity index (χ0) is 15.6. The first-order valence-electron chi connectivity index (χ1n) is 6.73. The molecule has 116 valence electrons. The van der Waals surface area contributed by atoms with Crippen LogP contribution in [0.2, 0.25) is 0 Å². The fraction of sp³-hybridized carbons (Fsp3) is 0.429. The van der Waals surface area contributed by atoms with Gasteiger partial charge in [0.05, 0.1) is 6.61 Å². The number of aromatic amines is 1. The highest BCUT2D eigenvalue weighted by Crippen LogP contribution is 2.25. The minimum Gasteiger partial charge on any atom is -0.399 e. The van der Waals surface area contributed by atoms with Gasteiger partial charge in [0.2, 0.25) is 10.0 Å². The second-order valence-corrected chi connectivity index (χ2v) is 7.07. The van der Waals surface area contributed by atoms with Crippen LogP contribution in [0.1, 0.15) is 13.8 Å². The fourth-order valence-corrected chi connectivity index (χ4v) is 3.68. The lowest BCUT2D eigenvalue weighted by Crippen LogP contribution is -2.41. The normalized spacial score (nSPS) is 13.9. The third-order valence-electron chi connectivity index (χ3n) is 3.41. The van der Waals surface area contributed by atoms with E-state index >= 15 is 0 Å². The van der Waals surface area contributed by atoms with Crippen molar-refractivity contribution in [2.24, 2.45) is 5.92 Å². The number of rotatable bonds is 6. The Kier molecular flexibility index (Phi) is 4.55. The average Bonchev–Trinajstić information content (AvgIpc) is 2.81. The summed E-state index contributed by atoms with van der Waals surface area (Å²) in [7, 11) is -2.09. The highest BCUT2D eigenvalue weighted by Gasteiger charge is 2.25. The summed E-state index contributed by atoms with van der Waals surface area (Å²) in [5, 5.41) is 0.586. The molecule has 21 heavy (non-hydrogen) atoms. The lowest BCUT2D eigenvalue weighted by atomic mass is 10.1. The highest BCUT2D eigenvalue weighted by atomic mass is 32.2. The van der Waals surface area contributed by atoms with E-state index in [-0.39, 0.29) is 16.9 Å². The number of hydrogen-bond donors (Lipinski definition) is 3. The lowest BCUT2D eigenvalue weighted by molar-refractivity contribution is 0.157. The Morgan fingerprint density at radius 2 is 2.10 bits per heavy atom. The molecule has 2 rings (SSSR count). The van der Waals surface area contributed by atoms with E-state index in [2.05, 4.69) is 9.71 Å². The summed E-state index contributed by atoms with van der Waals surface area (Å²) < 4.78 is 32.9. The Morgan fingerprint density at radius 3 is 2.71 bits per heavy atom. The number of fused-ring (bicyclic) bond motifs is 1. The smallest absolute Gasteiger partial charge is 0.243 e. The second kappa shape index (κ2) is 6.05. The van der Waals surface area contributed by atoms with E-state index < -0.39 is 10.0 Å². The van der Waals surface area contributed by atoms with Crippen molar-refractivity contribution in [1.29, 1.82) is 0 Å². The van der Waals surface area contributed by atoms with Gasteiger partial charge in [0.25, 0.3) is 0 Å². The summed E-state index contributed by atoms with van der Waals surface area (Å²) in [5.41, 5.74) is 7.00. The van der Waals surface area contributed by atoms with E-state index in [0.717, 1.165) is 5.52 Å². The number of H-pyrrole nitrogens is 1. The number of aromatic nitrogens is 1. The van der Waals surface area contributed by atoms with Crippen LogP contribution in [0.5, 0.6) is 0 Å². The second-order valence-electron chi connectivity index (χ2n) is 5.39. The molecule has 0 spiro atoms. The van der Waals surface area contributed by atoms with Crippen LogP contribution in [0.4, 0.5) is 5.69 Å². The van der Waals surface area contributed by atoms with Crippen molar-refractivity contribution in [3.63, 3.8) is 0 Å². The Bertz CT molecular complexity index is 722. The average molecular weight is 311 g/mol. The van der Waals surface area contributed by atoms with Gasteiger partial charge in [0.1, 0.15) is 4.90 Å². The van der Waals surface area contributed by atoms with Gasteiger partial charge in [-0.05, 0) is 24.1 Å². The van der Waals surface area contributed by atoms with E-state index in [4.69, 9.17) is 10.5 Å². The number of nitrogens with one attached hydrogen (secondary N) is 2. The van der Waals surface area contributed by atoms with E-state index in [1.165, 1.54) is 6.20 Å². The van der Waals surface area contributed by atoms with Crippen LogP contribution in [0.3, 0.4) is 0 Å². The van der Waals surface area contributed by atoms with Gasteiger partial charge in [-0.15, -0.1) is 0 Å². The molecule has 0 bridgehead atoms. The topological polar surface area (TPSA) is 97.2 Å². The standard InChI is InChI=1S/C14H21N3O3S/c1-9(2)13(8-20-3)17-21(18,19)14-7-16-12-5-4-10(15)6-11(12)14/h4-7,9,13,16-17H,8,15H2,1-3H3. The Morgan fingerprint density at radius 1 is 1.38 bits per heavy atom. The maximum absolute atomic E-state index is 12.6. The molecule has 1 heterocycles. The molecular formula is C14H21N3O3S. The molecule has 0 saturated heterocycles. The molecule has 1 atom stereocenters. The van der Waals surface area contributed by atoms with Crippen molar-refractivity contribution in [2.75, 3.05) is 19.5 Å². The van der Waals surface area contributed by atoms with Gasteiger partial charge in [-0.1, -0.05) is 13.8 Å². The molecule has 0 aliphatic rings. The third-order valence-corrected chi connectivity index (χ3v) is 4.94. The zero-order valence-electron chi connectivity index (χ0n) is 12.4. The van der Waals surface area contributed by atoms with Crippen LogP contribution < -0.4 is 10.5 Å². The number of benzene rings is 1. The molecular weight excluding hydrogens is 290 g/mol. The summed E-state index contributed by atoms with van der Waals surface area (Å²) >= 11 is 0. The summed E-state index contributed by atoms with van der Waals surface area (Å²) in [5.74, 6) is 0.120. The van der Waals surface area contributed by atoms with Crippen LogP contribution in [0.15, 0.2) is 29.3 Å². The van der Waals surface area contributed by atoms with E-state index in [0.29, 0.717) is 17.7 Å². The number of nitrogen functional groups attached to an aromatic ring is 1. The van der Waals surface area contributed by atoms with Crippen LogP contribution in [0, 0.1) is 5.92 Å². The van der Waals surface area contributed by atoms with Gasteiger partial charge in [0, 0.05) is 35.9 Å². The van der Waals surface area contributed by atoms with Crippen LogP contribution >= 0.6 is 0 Å². The molecule has 1 aromatic carbocycles. The predicted molar refractivity (Wildman–Crippen MR) is 83.5 cm³/mol. The fourth-order valence-electron chi connectivity index (χ4n) is 2.14. The molecule has 1 unspecified atom stereocenters. The van der Waals surface area contributed by atoms with Crippen LogP contribution in [0.25, 0.3) is 10.9 Å². The zero-order valence-corrected chi connectivity index (χ0v) is 13.2. The van der Waals surface area contributed by atoms with Crippen molar-refractivity contribution < 1.29 is 13.2 Å². The predicted octanol–water partition coefficient (Wildman–Crippen LogP) is 1.70. The minimum absolute atomic E-state index is 0.120. The first-order chi connectivity index (χ1) is 9.85. The molecule has 1 aromatic heterocycles. The Balaban J connectivity index is 2.39. The number of methoxy groups -OCH3 is 1. The number of nitrogens with two attached hydrogens (primary N) is 1. The first kappa shape index (κ1) is 15.8. The number of sulfonamides is 1. The van der Waals surface area contributed by atoms with Gasteiger partial charge < -0.3 is 15.5 Å². The van der Waals surface area contributed by atoms with Crippen LogP contribution in [-0.4, -0.2) is 33.2 Å². The molecule has 0 amide bonds. The molecule has 6 nitrogen and oxygen atoms in total. The third kappa shape index (κ3) is 3.37. The minimum atomic E-state index is -3.64. The number of ether oxygens (including phenoxy) is 1. The summed E-state index contributed by atoms with van der Waals surface area (Å²) in [6.45, 7) is 4.21. The van der Waals surface area contributed by atoms with Gasteiger partial charge in [-0.2, -0.15) is 0 Å². The van der Waals surface area contributed by atoms with Crippen molar-refractivity contribution >= 4 is 26.6 Å². The molecule has 4 N–H and O–H groups in total. The Hall–Kier alpha value is -1.57. The first-order valence-corrected chi connectivity index (χ1v) is 8.21. The van der Waals surface area contributed by atoms with Crippen LogP contribution in [-0.2, 0) is 14.8 Å². The summed E-state index contributed by atoms with van der Waals surface area (Å²) in [4.78, 5) is 3.15. The van der Waals surface area contributed by atoms with Gasteiger partial charge in [-0.25, -0.2) is 13.1 Å². The maximum Gasteiger partial charge on any atom is 0.243 e. The van der Waals surface area contributed by atoms with Crippen molar-refractivity contribution in [3.8, 4) is 0 Å². The van der Waals surface area contributed by atoms with E-state index in [9.17, 15) is 8.42 Å². The SMILES string of the molecule is COCC(NS(=O)(=O)c1c[nH]c2ccc(N)cc12)C(C)C. The largest absolute Gasteiger partial charge is 0.399 e.